The van der Waals surface area contributed by atoms with Crippen molar-refractivity contribution in [1.29, 1.82) is 0 Å². The minimum atomic E-state index is -1.90. The molecule has 0 aliphatic carbocycles. The molecule has 2 aliphatic rings. The zero-order valence-electron chi connectivity index (χ0n) is 36.8. The fraction of sp³-hybridized carbons (Fsp3) is 0.868. The molecule has 3 amide bonds. The molecule has 2 saturated heterocycles. The molecular weight excluding hydrogens is 781 g/mol. The van der Waals surface area contributed by atoms with Crippen molar-refractivity contribution < 1.29 is 51.8 Å². The second-order valence-electron chi connectivity index (χ2n) is 19.4. The number of amides is 3. The van der Waals surface area contributed by atoms with Crippen molar-refractivity contribution in [2.45, 2.75) is 202 Å². The lowest BCUT2D eigenvalue weighted by Crippen LogP contribution is -2.48. The minimum Gasteiger partial charge on any atom is -0.443 e. The first kappa shape index (κ1) is 59.9. The van der Waals surface area contributed by atoms with E-state index in [9.17, 15) is 24.0 Å². The smallest absolute Gasteiger partial charge is 0.443 e. The van der Waals surface area contributed by atoms with E-state index in [4.69, 9.17) is 23.1 Å². The number of likely N-dealkylation sites (tertiary alicyclic amines) is 1. The summed E-state index contributed by atoms with van der Waals surface area (Å²) in [5.74, 6) is -0.00286. The number of hydrogen-bond donors (Lipinski definition) is 1. The van der Waals surface area contributed by atoms with Crippen LogP contribution >= 0.6 is 27.0 Å². The average Bonchev–Trinajstić information content (AvgIpc) is 3.47. The number of nitrogens with zero attached hydrogens (tertiary/aromatic N) is 1. The molecule has 2 aliphatic heterocycles. The van der Waals surface area contributed by atoms with Gasteiger partial charge >= 0.3 is 18.4 Å². The molecule has 55 heavy (non-hydrogen) atoms. The van der Waals surface area contributed by atoms with Gasteiger partial charge in [-0.3, -0.25) is 9.59 Å². The summed E-state index contributed by atoms with van der Waals surface area (Å²) in [5.41, 5.74) is -2.00. The van der Waals surface area contributed by atoms with E-state index in [0.717, 1.165) is 6.42 Å². The van der Waals surface area contributed by atoms with Crippen LogP contribution in [0.3, 0.4) is 0 Å². The standard InChI is InChI=1S/C16H31NO4Si.C11H23NO2Si.C10H18O5.CH4.2H2S/c1-15(2,3)21-14(19)17-12(9-10-13(17)18)11-20-22(7,8)16(4,5)6;1-11(2,3)15(4,5)14-8-9-6-7-10(13)12-9;1-9(2,3)14-7(11)13-8(12)15-10(4,5)6;;;/h12H,9-11H2,1-8H3;9H,6-8H2,1-5H3,(H,12,13);1-6H3;1H4;2*1H2/t12-;9-;;;;/m00..../s1. The number of carbonyl (C=O) groups excluding carboxylic acids is 5. The Hall–Kier alpha value is -1.80. The number of nitrogens with one attached hydrogen (secondary N) is 1. The van der Waals surface area contributed by atoms with Gasteiger partial charge in [0.2, 0.25) is 11.8 Å². The number of imide groups is 1. The monoisotopic (exact) mass is 860 g/mol. The van der Waals surface area contributed by atoms with Crippen molar-refractivity contribution in [3.63, 3.8) is 0 Å². The second-order valence-corrected chi connectivity index (χ2v) is 29.0. The van der Waals surface area contributed by atoms with Crippen LogP contribution in [0.5, 0.6) is 0 Å². The molecule has 0 radical (unpaired) electrons. The summed E-state index contributed by atoms with van der Waals surface area (Å²) in [6.07, 6.45) is -0.0662. The van der Waals surface area contributed by atoms with Gasteiger partial charge in [-0.15, -0.1) is 0 Å². The van der Waals surface area contributed by atoms with Crippen LogP contribution in [0, 0.1) is 0 Å². The minimum absolute atomic E-state index is 0. The molecule has 2 heterocycles. The molecule has 0 aromatic heterocycles. The van der Waals surface area contributed by atoms with Gasteiger partial charge in [-0.1, -0.05) is 49.0 Å². The number of rotatable bonds is 6. The maximum Gasteiger partial charge on any atom is 0.519 e. The molecule has 0 spiro atoms. The van der Waals surface area contributed by atoms with Gasteiger partial charge in [0.25, 0.3) is 0 Å². The Morgan fingerprint density at radius 3 is 1.35 bits per heavy atom. The molecular formula is C38H80N2O11S2Si2. The van der Waals surface area contributed by atoms with Crippen LogP contribution in [0.1, 0.15) is 137 Å². The van der Waals surface area contributed by atoms with Crippen molar-refractivity contribution in [1.82, 2.24) is 10.2 Å². The van der Waals surface area contributed by atoms with Gasteiger partial charge in [0, 0.05) is 12.8 Å². The van der Waals surface area contributed by atoms with Gasteiger partial charge < -0.3 is 33.1 Å². The number of carbonyl (C=O) groups is 5. The van der Waals surface area contributed by atoms with Crippen molar-refractivity contribution >= 4 is 73.8 Å². The Morgan fingerprint density at radius 1 is 0.636 bits per heavy atom. The third kappa shape index (κ3) is 24.6. The van der Waals surface area contributed by atoms with E-state index in [1.807, 2.05) is 0 Å². The molecule has 2 atom stereocenters. The zero-order chi connectivity index (χ0) is 41.3. The second kappa shape index (κ2) is 23.0. The Kier molecular flexibility index (Phi) is 25.0. The molecule has 0 unspecified atom stereocenters. The predicted octanol–water partition coefficient (Wildman–Crippen LogP) is 9.96. The highest BCUT2D eigenvalue weighted by molar-refractivity contribution is 7.59. The van der Waals surface area contributed by atoms with Crippen LogP contribution in [0.4, 0.5) is 14.4 Å². The maximum absolute atomic E-state index is 12.2. The normalized spacial score (nSPS) is 17.7. The van der Waals surface area contributed by atoms with Gasteiger partial charge in [-0.05, 0) is 111 Å². The van der Waals surface area contributed by atoms with Crippen molar-refractivity contribution in [3.8, 4) is 0 Å². The van der Waals surface area contributed by atoms with E-state index in [1.165, 1.54) is 4.90 Å². The van der Waals surface area contributed by atoms with E-state index in [2.05, 4.69) is 77.8 Å². The lowest BCUT2D eigenvalue weighted by atomic mass is 10.2. The van der Waals surface area contributed by atoms with Crippen LogP contribution in [-0.2, 0) is 37.4 Å². The molecule has 0 aromatic carbocycles. The summed E-state index contributed by atoms with van der Waals surface area (Å²) in [7, 11) is -3.54. The zero-order valence-corrected chi connectivity index (χ0v) is 40.8. The van der Waals surface area contributed by atoms with Crippen LogP contribution in [0.15, 0.2) is 0 Å². The molecule has 13 nitrogen and oxygen atoms in total. The molecule has 17 heteroatoms. The number of ether oxygens (including phenoxy) is 4. The van der Waals surface area contributed by atoms with Gasteiger partial charge in [0.15, 0.2) is 16.6 Å². The first-order valence-corrected chi connectivity index (χ1v) is 24.0. The van der Waals surface area contributed by atoms with E-state index < -0.39 is 51.8 Å². The molecule has 0 bridgehead atoms. The topological polar surface area (TPSA) is 156 Å². The van der Waals surface area contributed by atoms with Gasteiger partial charge in [0.1, 0.15) is 16.8 Å². The Labute approximate surface area is 349 Å². The van der Waals surface area contributed by atoms with E-state index in [1.54, 1.807) is 62.3 Å². The summed E-state index contributed by atoms with van der Waals surface area (Å²) >= 11 is 0. The summed E-state index contributed by atoms with van der Waals surface area (Å²) in [6.45, 7) is 38.5. The van der Waals surface area contributed by atoms with Crippen molar-refractivity contribution in [3.05, 3.63) is 0 Å². The largest absolute Gasteiger partial charge is 0.519 e. The molecule has 0 aromatic rings. The summed E-state index contributed by atoms with van der Waals surface area (Å²) in [5, 5.41) is 3.29. The van der Waals surface area contributed by atoms with Crippen molar-refractivity contribution in [2.24, 2.45) is 0 Å². The van der Waals surface area contributed by atoms with Gasteiger partial charge in [-0.2, -0.15) is 27.0 Å². The summed E-state index contributed by atoms with van der Waals surface area (Å²) in [4.78, 5) is 58.5. The van der Waals surface area contributed by atoms with Gasteiger partial charge in [-0.25, -0.2) is 19.3 Å². The van der Waals surface area contributed by atoms with E-state index >= 15 is 0 Å². The lowest BCUT2D eigenvalue weighted by Gasteiger charge is -2.37. The van der Waals surface area contributed by atoms with Crippen LogP contribution < -0.4 is 5.32 Å². The van der Waals surface area contributed by atoms with Crippen molar-refractivity contribution in [2.75, 3.05) is 13.2 Å². The fourth-order valence-corrected chi connectivity index (χ4v) is 6.01. The predicted molar refractivity (Wildman–Crippen MR) is 235 cm³/mol. The number of hydrogen-bond acceptors (Lipinski definition) is 11. The Bertz CT molecular complexity index is 1210. The Balaban J connectivity index is -0.000000355. The Morgan fingerprint density at radius 2 is 1.02 bits per heavy atom. The summed E-state index contributed by atoms with van der Waals surface area (Å²) in [6, 6.07) is 0.0306. The SMILES string of the molecule is C.CC(C)(C)OC(=O)N1C(=O)CC[C@H]1CO[Si](C)(C)C(C)(C)C.CC(C)(C)OC(=O)OC(=O)OC(C)(C)C.CC(C)(C)[Si](C)(C)OC[C@@H]1CCC(=O)N1.S.S. The first-order valence-electron chi connectivity index (χ1n) is 18.2. The quantitative estimate of drug-likeness (QED) is 0.117. The molecule has 2 rings (SSSR count). The third-order valence-electron chi connectivity index (χ3n) is 8.84. The highest BCUT2D eigenvalue weighted by Gasteiger charge is 2.42. The third-order valence-corrected chi connectivity index (χ3v) is 17.8. The van der Waals surface area contributed by atoms with Crippen LogP contribution in [0.25, 0.3) is 0 Å². The molecule has 328 valence electrons. The first-order chi connectivity index (χ1) is 23.0. The molecule has 0 saturated carbocycles. The average molecular weight is 861 g/mol. The molecule has 1 N–H and O–H groups in total. The lowest BCUT2D eigenvalue weighted by molar-refractivity contribution is -0.128. The maximum atomic E-state index is 12.2. The fourth-order valence-electron chi connectivity index (χ4n) is 3.92. The summed E-state index contributed by atoms with van der Waals surface area (Å²) < 4.78 is 31.4. The van der Waals surface area contributed by atoms with Crippen LogP contribution in [0.2, 0.25) is 36.3 Å². The van der Waals surface area contributed by atoms with Gasteiger partial charge in [0.05, 0.1) is 25.3 Å². The van der Waals surface area contributed by atoms with Crippen LogP contribution in [-0.4, -0.2) is 93.9 Å². The van der Waals surface area contributed by atoms with E-state index in [-0.39, 0.29) is 68.4 Å². The van der Waals surface area contributed by atoms with E-state index in [0.29, 0.717) is 32.5 Å². The highest BCUT2D eigenvalue weighted by atomic mass is 32.1. The molecule has 2 fully saturated rings. The highest BCUT2D eigenvalue weighted by Crippen LogP contribution is 2.38.